The van der Waals surface area contributed by atoms with Gasteiger partial charge >= 0.3 is 0 Å². The van der Waals surface area contributed by atoms with Crippen molar-refractivity contribution in [3.05, 3.63) is 17.7 Å². The Morgan fingerprint density at radius 1 is 1.27 bits per heavy atom. The predicted molar refractivity (Wildman–Crippen MR) is 59.4 cm³/mol. The van der Waals surface area contributed by atoms with Gasteiger partial charge < -0.3 is 20.1 Å². The van der Waals surface area contributed by atoms with Crippen LogP contribution in [0.2, 0.25) is 0 Å². The van der Waals surface area contributed by atoms with Crippen molar-refractivity contribution in [2.24, 2.45) is 0 Å². The number of benzene rings is 1. The van der Waals surface area contributed by atoms with Crippen molar-refractivity contribution in [1.82, 2.24) is 0 Å². The number of ether oxygens (including phenoxy) is 1. The molecule has 82 valence electrons. The van der Waals surface area contributed by atoms with Crippen molar-refractivity contribution in [3.8, 4) is 17.2 Å². The van der Waals surface area contributed by atoms with E-state index in [0.717, 1.165) is 6.42 Å². The molecule has 0 spiro atoms. The van der Waals surface area contributed by atoms with Crippen LogP contribution >= 0.6 is 12.2 Å². The molecule has 0 aliphatic rings. The van der Waals surface area contributed by atoms with Gasteiger partial charge in [0, 0.05) is 5.56 Å². The second-order valence-corrected chi connectivity index (χ2v) is 3.37. The largest absolute Gasteiger partial charge is 0.504 e. The molecule has 1 aromatic rings. The lowest BCUT2D eigenvalue weighted by molar-refractivity contribution is 0.313. The molecular weight excluding hydrogens is 216 g/mol. The molecule has 1 aromatic carbocycles. The first-order valence-corrected chi connectivity index (χ1v) is 4.89. The van der Waals surface area contributed by atoms with Crippen LogP contribution < -0.4 is 0 Å². The van der Waals surface area contributed by atoms with E-state index in [1.165, 1.54) is 12.1 Å². The smallest absolute Gasteiger partial charge is 0.200 e. The number of phenols is 3. The van der Waals surface area contributed by atoms with Crippen LogP contribution in [0.1, 0.15) is 18.9 Å². The van der Waals surface area contributed by atoms with E-state index in [-0.39, 0.29) is 5.05 Å². The molecule has 15 heavy (non-hydrogen) atoms. The van der Waals surface area contributed by atoms with Crippen LogP contribution in [-0.2, 0) is 4.74 Å². The summed E-state index contributed by atoms with van der Waals surface area (Å²) in [5.74, 6) is -1.41. The van der Waals surface area contributed by atoms with E-state index in [1.54, 1.807) is 0 Å². The normalized spacial score (nSPS) is 9.93. The molecular formula is C10H12O4S. The second kappa shape index (κ2) is 4.84. The second-order valence-electron chi connectivity index (χ2n) is 3.00. The van der Waals surface area contributed by atoms with Crippen LogP contribution in [-0.4, -0.2) is 27.0 Å². The highest BCUT2D eigenvalue weighted by molar-refractivity contribution is 7.80. The quantitative estimate of drug-likeness (QED) is 0.544. The molecule has 4 nitrogen and oxygen atoms in total. The highest BCUT2D eigenvalue weighted by Crippen LogP contribution is 2.35. The highest BCUT2D eigenvalue weighted by atomic mass is 32.1. The van der Waals surface area contributed by atoms with Gasteiger partial charge in [0.1, 0.15) is 0 Å². The molecule has 1 rings (SSSR count). The van der Waals surface area contributed by atoms with Crippen molar-refractivity contribution in [3.63, 3.8) is 0 Å². The number of thiocarbonyl (C=S) groups is 1. The first-order valence-electron chi connectivity index (χ1n) is 4.48. The minimum absolute atomic E-state index is 0.183. The Morgan fingerprint density at radius 3 is 2.27 bits per heavy atom. The monoisotopic (exact) mass is 228 g/mol. The summed E-state index contributed by atoms with van der Waals surface area (Å²) >= 11 is 4.92. The van der Waals surface area contributed by atoms with E-state index in [1.807, 2.05) is 6.92 Å². The number of rotatable bonds is 3. The van der Waals surface area contributed by atoms with Gasteiger partial charge in [-0.1, -0.05) is 6.92 Å². The summed E-state index contributed by atoms with van der Waals surface area (Å²) in [6, 6.07) is 2.49. The van der Waals surface area contributed by atoms with Gasteiger partial charge in [0.25, 0.3) is 0 Å². The molecule has 0 aromatic heterocycles. The summed E-state index contributed by atoms with van der Waals surface area (Å²) in [5.41, 5.74) is 0.367. The molecule has 0 atom stereocenters. The molecule has 3 N–H and O–H groups in total. The SMILES string of the molecule is CCCOC(=S)c1cc(O)c(O)c(O)c1. The highest BCUT2D eigenvalue weighted by Gasteiger charge is 2.11. The zero-order valence-corrected chi connectivity index (χ0v) is 9.04. The third kappa shape index (κ3) is 2.73. The Kier molecular flexibility index (Phi) is 3.74. The van der Waals surface area contributed by atoms with E-state index in [0.29, 0.717) is 12.2 Å². The maximum Gasteiger partial charge on any atom is 0.200 e. The average molecular weight is 228 g/mol. The van der Waals surface area contributed by atoms with Gasteiger partial charge in [-0.3, -0.25) is 0 Å². The average Bonchev–Trinajstić information content (AvgIpc) is 2.21. The Balaban J connectivity index is 2.91. The summed E-state index contributed by atoms with van der Waals surface area (Å²) in [6.45, 7) is 2.41. The van der Waals surface area contributed by atoms with Gasteiger partial charge in [-0.25, -0.2) is 0 Å². The lowest BCUT2D eigenvalue weighted by atomic mass is 10.2. The van der Waals surface area contributed by atoms with E-state index >= 15 is 0 Å². The fourth-order valence-electron chi connectivity index (χ4n) is 1.00. The van der Waals surface area contributed by atoms with Gasteiger partial charge in [-0.2, -0.15) is 0 Å². The van der Waals surface area contributed by atoms with Crippen molar-refractivity contribution in [2.75, 3.05) is 6.61 Å². The minimum Gasteiger partial charge on any atom is -0.504 e. The number of aromatic hydroxyl groups is 3. The third-order valence-electron chi connectivity index (χ3n) is 1.74. The Hall–Kier alpha value is -1.49. The number of hydrogen-bond donors (Lipinski definition) is 3. The first-order chi connectivity index (χ1) is 7.06. The third-order valence-corrected chi connectivity index (χ3v) is 2.10. The molecule has 0 aliphatic heterocycles. The van der Waals surface area contributed by atoms with Crippen molar-refractivity contribution in [1.29, 1.82) is 0 Å². The first kappa shape index (κ1) is 11.6. The van der Waals surface area contributed by atoms with Gasteiger partial charge in [-0.05, 0) is 30.8 Å². The van der Waals surface area contributed by atoms with Gasteiger partial charge in [0.15, 0.2) is 22.3 Å². The lowest BCUT2D eigenvalue weighted by Gasteiger charge is -2.08. The summed E-state index contributed by atoms with van der Waals surface area (Å²) in [5, 5.41) is 27.7. The van der Waals surface area contributed by atoms with Gasteiger partial charge in [-0.15, -0.1) is 0 Å². The standard InChI is InChI=1S/C10H12O4S/c1-2-3-14-10(15)6-4-7(11)9(13)8(12)5-6/h4-5,11-13H,2-3H2,1H3. The lowest BCUT2D eigenvalue weighted by Crippen LogP contribution is -2.04. The fraction of sp³-hybridized carbons (Fsp3) is 0.300. The number of hydrogen-bond acceptors (Lipinski definition) is 5. The number of phenolic OH excluding ortho intramolecular Hbond substituents is 3. The molecule has 0 radical (unpaired) electrons. The predicted octanol–water partition coefficient (Wildman–Crippen LogP) is 1.91. The van der Waals surface area contributed by atoms with Crippen molar-refractivity contribution in [2.45, 2.75) is 13.3 Å². The summed E-state index contributed by atoms with van der Waals surface area (Å²) < 4.78 is 5.15. The van der Waals surface area contributed by atoms with Crippen LogP contribution in [0, 0.1) is 0 Å². The zero-order chi connectivity index (χ0) is 11.4. The van der Waals surface area contributed by atoms with Crippen molar-refractivity contribution >= 4 is 17.3 Å². The fourth-order valence-corrected chi connectivity index (χ4v) is 1.20. The topological polar surface area (TPSA) is 69.9 Å². The summed E-state index contributed by atoms with van der Waals surface area (Å²) in [7, 11) is 0. The Morgan fingerprint density at radius 2 is 1.80 bits per heavy atom. The van der Waals surface area contributed by atoms with Crippen LogP contribution in [0.4, 0.5) is 0 Å². The van der Waals surface area contributed by atoms with E-state index in [2.05, 4.69) is 0 Å². The van der Waals surface area contributed by atoms with Crippen LogP contribution in [0.3, 0.4) is 0 Å². The molecule has 5 heteroatoms. The molecule has 0 saturated carbocycles. The Bertz CT molecular complexity index is 353. The maximum atomic E-state index is 9.23. The zero-order valence-electron chi connectivity index (χ0n) is 8.23. The summed E-state index contributed by atoms with van der Waals surface area (Å²) in [6.07, 6.45) is 0.816. The molecule has 0 aliphatic carbocycles. The molecule has 0 saturated heterocycles. The molecule has 0 amide bonds. The molecule has 0 fully saturated rings. The maximum absolute atomic E-state index is 9.23. The molecule has 0 unspecified atom stereocenters. The van der Waals surface area contributed by atoms with Crippen LogP contribution in [0.15, 0.2) is 12.1 Å². The van der Waals surface area contributed by atoms with E-state index in [9.17, 15) is 10.2 Å². The van der Waals surface area contributed by atoms with E-state index < -0.39 is 17.2 Å². The molecule has 0 heterocycles. The Labute approximate surface area is 92.7 Å². The van der Waals surface area contributed by atoms with Crippen LogP contribution in [0.25, 0.3) is 0 Å². The van der Waals surface area contributed by atoms with Gasteiger partial charge in [0.05, 0.1) is 6.61 Å². The van der Waals surface area contributed by atoms with E-state index in [4.69, 9.17) is 22.1 Å². The van der Waals surface area contributed by atoms with Gasteiger partial charge in [0.2, 0.25) is 0 Å². The van der Waals surface area contributed by atoms with Crippen LogP contribution in [0.5, 0.6) is 17.2 Å². The summed E-state index contributed by atoms with van der Waals surface area (Å²) in [4.78, 5) is 0. The molecule has 0 bridgehead atoms. The van der Waals surface area contributed by atoms with Crippen molar-refractivity contribution < 1.29 is 20.1 Å². The minimum atomic E-state index is -0.558.